The fraction of sp³-hybridized carbons (Fsp3) is 0. The molecule has 1 nitrogen and oxygen atoms in total. The molecule has 0 saturated heterocycles. The van der Waals surface area contributed by atoms with E-state index in [1.165, 1.54) is 0 Å². The summed E-state index contributed by atoms with van der Waals surface area (Å²) in [5.41, 5.74) is 0. The summed E-state index contributed by atoms with van der Waals surface area (Å²) in [6, 6.07) is 0. The van der Waals surface area contributed by atoms with Gasteiger partial charge in [-0.2, -0.15) is 0 Å². The molecule has 0 aromatic carbocycles. The first kappa shape index (κ1) is 64.4. The Morgan fingerprint density at radius 3 is 1.00 bits per heavy atom. The van der Waals surface area contributed by atoms with Gasteiger partial charge in [0, 0.05) is 0 Å². The molecule has 0 aromatic heterocycles. The van der Waals surface area contributed by atoms with Gasteiger partial charge in [-0.3, -0.25) is 0 Å². The number of hydrogen-bond acceptors (Lipinski definition) is 0. The molecule has 0 N–H and O–H groups in total. The van der Waals surface area contributed by atoms with E-state index >= 15 is 0 Å². The van der Waals surface area contributed by atoms with Crippen molar-refractivity contribution in [1.29, 1.82) is 0 Å². The summed E-state index contributed by atoms with van der Waals surface area (Å²) >= 11 is 0. The van der Waals surface area contributed by atoms with E-state index in [-0.39, 0.29) is 50.6 Å². The van der Waals surface area contributed by atoms with Crippen molar-refractivity contribution in [2.45, 2.75) is 0 Å². The van der Waals surface area contributed by atoms with Gasteiger partial charge in [0.2, 0.25) is 0 Å². The van der Waals surface area contributed by atoms with Crippen LogP contribution in [0.5, 0.6) is 0 Å². The summed E-state index contributed by atoms with van der Waals surface area (Å²) in [6.45, 7) is 0. The fourth-order valence-electron chi connectivity index (χ4n) is 0. The molecule has 4 heavy (non-hydrogen) atoms. The summed E-state index contributed by atoms with van der Waals surface area (Å²) in [6.07, 6.45) is 0. The van der Waals surface area contributed by atoms with E-state index in [0.717, 1.165) is 0 Å². The molecule has 0 rings (SSSR count). The molecule has 0 fully saturated rings. The Morgan fingerprint density at radius 1 is 1.00 bits per heavy atom. The molecule has 0 aliphatic carbocycles. The fourth-order valence-corrected chi connectivity index (χ4v) is 0. The SMILES string of the molecule is [Al+3].[F-].[Mg+2].[O-2]. The van der Waals surface area contributed by atoms with Crippen LogP contribution >= 0.6 is 0 Å². The third-order valence-corrected chi connectivity index (χ3v) is 0. The molecule has 0 amide bonds. The summed E-state index contributed by atoms with van der Waals surface area (Å²) in [5.74, 6) is 0. The third-order valence-electron chi connectivity index (χ3n) is 0. The van der Waals surface area contributed by atoms with Crippen molar-refractivity contribution >= 4 is 40.4 Å². The van der Waals surface area contributed by atoms with Crippen molar-refractivity contribution in [3.8, 4) is 0 Å². The Morgan fingerprint density at radius 2 is 1.00 bits per heavy atom. The van der Waals surface area contributed by atoms with Gasteiger partial charge in [0.25, 0.3) is 0 Å². The van der Waals surface area contributed by atoms with Crippen molar-refractivity contribution in [3.05, 3.63) is 0 Å². The summed E-state index contributed by atoms with van der Waals surface area (Å²) < 4.78 is 0. The standard InChI is InChI=1S/Al.FH.Mg.O/h;1H;;/q+3;;+2;-2/p-1. The van der Waals surface area contributed by atoms with Crippen molar-refractivity contribution in [1.82, 2.24) is 0 Å². The van der Waals surface area contributed by atoms with Crippen LogP contribution in [-0.2, 0) is 5.48 Å². The third kappa shape index (κ3) is 10.8. The van der Waals surface area contributed by atoms with Gasteiger partial charge < -0.3 is 10.2 Å². The van der Waals surface area contributed by atoms with Gasteiger partial charge in [0.1, 0.15) is 0 Å². The van der Waals surface area contributed by atoms with Gasteiger partial charge in [-0.05, 0) is 0 Å². The van der Waals surface area contributed by atoms with E-state index in [9.17, 15) is 0 Å². The van der Waals surface area contributed by atoms with Crippen LogP contribution in [0.1, 0.15) is 0 Å². The minimum atomic E-state index is 0. The molecule has 0 spiro atoms. The first-order valence-corrected chi connectivity index (χ1v) is 0. The first-order chi connectivity index (χ1) is 0. The summed E-state index contributed by atoms with van der Waals surface area (Å²) in [7, 11) is 0. The van der Waals surface area contributed by atoms with Gasteiger partial charge in [-0.25, -0.2) is 0 Å². The monoisotopic (exact) mass is 86.0 g/mol. The molecule has 0 atom stereocenters. The second kappa shape index (κ2) is 30.1. The Balaban J connectivity index is 0. The average Bonchev–Trinajstić information content (AvgIpc) is 0. The van der Waals surface area contributed by atoms with Crippen LogP contribution in [0.2, 0.25) is 0 Å². The van der Waals surface area contributed by atoms with Gasteiger partial charge in [-0.1, -0.05) is 0 Å². The van der Waals surface area contributed by atoms with Crippen LogP contribution in [-0.4, -0.2) is 40.4 Å². The minimum Gasteiger partial charge on any atom is -2.00 e. The normalized spacial score (nSPS) is 0. The molecular weight excluding hydrogens is 86.3 g/mol. The maximum absolute atomic E-state index is 0. The predicted molar refractivity (Wildman–Crippen MR) is 12.2 cm³/mol. The Hall–Kier alpha value is 1.19. The zero-order chi connectivity index (χ0) is 0. The Kier molecular flexibility index (Phi) is 485. The molecule has 0 bridgehead atoms. The number of rotatable bonds is 0. The summed E-state index contributed by atoms with van der Waals surface area (Å²) in [5, 5.41) is 0. The molecule has 0 unspecified atom stereocenters. The zero-order valence-corrected chi connectivity index (χ0v) is 4.64. The number of halogens is 1. The molecule has 4 heteroatoms. The summed E-state index contributed by atoms with van der Waals surface area (Å²) in [4.78, 5) is 0. The van der Waals surface area contributed by atoms with Crippen LogP contribution in [0, 0.1) is 0 Å². The molecule has 0 aromatic rings. The zero-order valence-electron chi connectivity index (χ0n) is 2.07. The van der Waals surface area contributed by atoms with E-state index in [4.69, 9.17) is 0 Å². The van der Waals surface area contributed by atoms with Crippen molar-refractivity contribution in [2.75, 3.05) is 0 Å². The average molecular weight is 86.3 g/mol. The van der Waals surface area contributed by atoms with Crippen LogP contribution in [0.25, 0.3) is 0 Å². The first-order valence-electron chi connectivity index (χ1n) is 0. The van der Waals surface area contributed by atoms with Crippen LogP contribution in [0.15, 0.2) is 0 Å². The minimum absolute atomic E-state index is 0. The van der Waals surface area contributed by atoms with Crippen molar-refractivity contribution < 1.29 is 10.2 Å². The molecular formula is AlFMgO+2. The predicted octanol–water partition coefficient (Wildman–Crippen LogP) is -3.88. The van der Waals surface area contributed by atoms with E-state index in [0.29, 0.717) is 0 Å². The van der Waals surface area contributed by atoms with Gasteiger partial charge in [0.05, 0.1) is 0 Å². The van der Waals surface area contributed by atoms with E-state index in [1.807, 2.05) is 0 Å². The van der Waals surface area contributed by atoms with Gasteiger partial charge >= 0.3 is 40.4 Å². The van der Waals surface area contributed by atoms with E-state index in [2.05, 4.69) is 0 Å². The smallest absolute Gasteiger partial charge is 2.00 e. The maximum atomic E-state index is 0. The van der Waals surface area contributed by atoms with Crippen LogP contribution in [0.4, 0.5) is 0 Å². The quantitative estimate of drug-likeness (QED) is 0.270. The molecule has 0 aliphatic rings. The maximum Gasteiger partial charge on any atom is 3.00 e. The van der Waals surface area contributed by atoms with Crippen molar-refractivity contribution in [3.63, 3.8) is 0 Å². The molecule has 0 heterocycles. The second-order valence-electron chi connectivity index (χ2n) is 0. The molecule has 16 valence electrons. The van der Waals surface area contributed by atoms with E-state index in [1.54, 1.807) is 0 Å². The van der Waals surface area contributed by atoms with Crippen molar-refractivity contribution in [2.24, 2.45) is 0 Å². The molecule has 0 radical (unpaired) electrons. The van der Waals surface area contributed by atoms with Gasteiger partial charge in [-0.15, -0.1) is 0 Å². The Labute approximate surface area is 50.7 Å². The van der Waals surface area contributed by atoms with Crippen LogP contribution in [0.3, 0.4) is 0 Å². The second-order valence-corrected chi connectivity index (χ2v) is 0. The number of hydrogen-bond donors (Lipinski definition) is 0. The molecule has 0 saturated carbocycles. The Bertz CT molecular complexity index is 8.00. The topological polar surface area (TPSA) is 28.5 Å². The van der Waals surface area contributed by atoms with Crippen LogP contribution < -0.4 is 4.70 Å². The van der Waals surface area contributed by atoms with Gasteiger partial charge in [0.15, 0.2) is 0 Å². The largest absolute Gasteiger partial charge is 3.00 e. The van der Waals surface area contributed by atoms with E-state index < -0.39 is 0 Å². The molecule has 0 aliphatic heterocycles.